The van der Waals surface area contributed by atoms with E-state index in [0.29, 0.717) is 18.0 Å². The molecule has 0 aliphatic rings. The number of aryl methyl sites for hydroxylation is 1. The van der Waals surface area contributed by atoms with Crippen molar-refractivity contribution in [3.8, 4) is 0 Å². The summed E-state index contributed by atoms with van der Waals surface area (Å²) in [7, 11) is 0. The van der Waals surface area contributed by atoms with Crippen LogP contribution in [-0.2, 0) is 4.79 Å². The number of carboxylic acids is 1. The van der Waals surface area contributed by atoms with Gasteiger partial charge >= 0.3 is 5.97 Å². The number of rotatable bonds is 6. The average Bonchev–Trinajstić information content (AvgIpc) is 2.80. The fraction of sp³-hybridized carbons (Fsp3) is 0.308. The monoisotopic (exact) mass is 293 g/mol. The molecular formula is C13H15N3O3S. The summed E-state index contributed by atoms with van der Waals surface area (Å²) in [6.45, 7) is 2.39. The smallest absolute Gasteiger partial charge is 0.313 e. The molecule has 0 aromatic carbocycles. The summed E-state index contributed by atoms with van der Waals surface area (Å²) in [5, 5.41) is 11.2. The quantitative estimate of drug-likeness (QED) is 0.782. The van der Waals surface area contributed by atoms with Gasteiger partial charge < -0.3 is 14.8 Å². The number of carbonyl (C=O) groups is 2. The first kappa shape index (κ1) is 14.4. The molecule has 7 heteroatoms. The first-order valence-electron chi connectivity index (χ1n) is 6.09. The van der Waals surface area contributed by atoms with Crippen LogP contribution in [0.5, 0.6) is 0 Å². The maximum absolute atomic E-state index is 11.9. The largest absolute Gasteiger partial charge is 0.481 e. The Morgan fingerprint density at radius 3 is 3.05 bits per heavy atom. The first-order chi connectivity index (χ1) is 9.56. The molecule has 106 valence electrons. The summed E-state index contributed by atoms with van der Waals surface area (Å²) in [6.07, 6.45) is 3.53. The lowest BCUT2D eigenvalue weighted by atomic mass is 10.3. The Labute approximate surface area is 120 Å². The lowest BCUT2D eigenvalue weighted by Crippen LogP contribution is -2.26. The normalized spacial score (nSPS) is 10.7. The van der Waals surface area contributed by atoms with Crippen molar-refractivity contribution >= 4 is 29.3 Å². The van der Waals surface area contributed by atoms with Crippen molar-refractivity contribution in [2.45, 2.75) is 6.92 Å². The number of nitrogens with zero attached hydrogens (tertiary/aromatic N) is 2. The molecular weight excluding hydrogens is 278 g/mol. The molecule has 0 fully saturated rings. The minimum atomic E-state index is -0.850. The predicted molar refractivity (Wildman–Crippen MR) is 77.2 cm³/mol. The molecule has 2 heterocycles. The van der Waals surface area contributed by atoms with Gasteiger partial charge in [0.2, 0.25) is 0 Å². The van der Waals surface area contributed by atoms with E-state index in [1.54, 1.807) is 10.6 Å². The van der Waals surface area contributed by atoms with Crippen molar-refractivity contribution in [2.24, 2.45) is 0 Å². The van der Waals surface area contributed by atoms with Crippen LogP contribution in [-0.4, -0.2) is 44.4 Å². The molecule has 2 aromatic heterocycles. The standard InChI is InChI=1S/C13H15N3O3S/c1-9-2-4-16-7-10(15-11(16)6-9)13(19)14-3-5-20-8-12(17)18/h2,4,6-7H,3,5,8H2,1H3,(H,14,19)(H,17,18). The van der Waals surface area contributed by atoms with E-state index in [2.05, 4.69) is 10.3 Å². The van der Waals surface area contributed by atoms with Gasteiger partial charge in [0, 0.05) is 24.7 Å². The number of hydrogen-bond donors (Lipinski definition) is 2. The molecule has 20 heavy (non-hydrogen) atoms. The van der Waals surface area contributed by atoms with Gasteiger partial charge in [0.05, 0.1) is 5.75 Å². The molecule has 0 aliphatic heterocycles. The molecule has 0 aliphatic carbocycles. The Balaban J connectivity index is 1.89. The molecule has 2 N–H and O–H groups in total. The lowest BCUT2D eigenvalue weighted by Gasteiger charge is -2.01. The molecule has 0 saturated heterocycles. The summed E-state index contributed by atoms with van der Waals surface area (Å²) < 4.78 is 1.79. The Hall–Kier alpha value is -2.02. The summed E-state index contributed by atoms with van der Waals surface area (Å²) in [6, 6.07) is 3.85. The molecule has 0 spiro atoms. The zero-order valence-corrected chi connectivity index (χ0v) is 11.8. The fourth-order valence-corrected chi connectivity index (χ4v) is 2.25. The third-order valence-corrected chi connectivity index (χ3v) is 3.55. The number of carboxylic acid groups (broad SMARTS) is 1. The first-order valence-corrected chi connectivity index (χ1v) is 7.25. The third kappa shape index (κ3) is 3.74. The highest BCUT2D eigenvalue weighted by molar-refractivity contribution is 7.99. The third-order valence-electron chi connectivity index (χ3n) is 2.61. The Bertz CT molecular complexity index is 639. The van der Waals surface area contributed by atoms with Gasteiger partial charge in [-0.3, -0.25) is 9.59 Å². The van der Waals surface area contributed by atoms with Crippen LogP contribution in [0, 0.1) is 6.92 Å². The lowest BCUT2D eigenvalue weighted by molar-refractivity contribution is -0.133. The van der Waals surface area contributed by atoms with E-state index in [1.165, 1.54) is 11.8 Å². The van der Waals surface area contributed by atoms with Crippen molar-refractivity contribution in [1.29, 1.82) is 0 Å². The van der Waals surface area contributed by atoms with E-state index in [1.807, 2.05) is 25.3 Å². The minimum Gasteiger partial charge on any atom is -0.481 e. The van der Waals surface area contributed by atoms with Gasteiger partial charge in [0.15, 0.2) is 0 Å². The van der Waals surface area contributed by atoms with Gasteiger partial charge in [0.25, 0.3) is 5.91 Å². The summed E-state index contributed by atoms with van der Waals surface area (Å²) >= 11 is 1.27. The number of aliphatic carboxylic acids is 1. The highest BCUT2D eigenvalue weighted by atomic mass is 32.2. The van der Waals surface area contributed by atoms with Crippen LogP contribution in [0.15, 0.2) is 24.5 Å². The van der Waals surface area contributed by atoms with Crippen molar-refractivity contribution in [3.05, 3.63) is 35.8 Å². The number of amides is 1. The van der Waals surface area contributed by atoms with Crippen molar-refractivity contribution in [3.63, 3.8) is 0 Å². The molecule has 0 bridgehead atoms. The molecule has 2 aromatic rings. The van der Waals surface area contributed by atoms with E-state index in [-0.39, 0.29) is 11.7 Å². The number of carbonyl (C=O) groups excluding carboxylic acids is 1. The van der Waals surface area contributed by atoms with Gasteiger partial charge in [-0.05, 0) is 24.6 Å². The molecule has 1 amide bonds. The minimum absolute atomic E-state index is 0.0452. The predicted octanol–water partition coefficient (Wildman–Crippen LogP) is 1.19. The van der Waals surface area contributed by atoms with Gasteiger partial charge in [-0.1, -0.05) is 0 Å². The van der Waals surface area contributed by atoms with Crippen LogP contribution in [0.3, 0.4) is 0 Å². The second-order valence-corrected chi connectivity index (χ2v) is 5.40. The summed E-state index contributed by atoms with van der Waals surface area (Å²) in [5.74, 6) is -0.493. The van der Waals surface area contributed by atoms with Crippen LogP contribution in [0.4, 0.5) is 0 Å². The van der Waals surface area contributed by atoms with E-state index in [9.17, 15) is 9.59 Å². The van der Waals surface area contributed by atoms with E-state index in [0.717, 1.165) is 11.2 Å². The molecule has 0 atom stereocenters. The maximum Gasteiger partial charge on any atom is 0.313 e. The Kier molecular flexibility index (Phi) is 4.62. The van der Waals surface area contributed by atoms with Crippen LogP contribution in [0.2, 0.25) is 0 Å². The number of hydrogen-bond acceptors (Lipinski definition) is 4. The maximum atomic E-state index is 11.9. The molecule has 0 unspecified atom stereocenters. The van der Waals surface area contributed by atoms with Gasteiger partial charge in [0.1, 0.15) is 11.3 Å². The molecule has 2 rings (SSSR count). The molecule has 0 saturated carbocycles. The van der Waals surface area contributed by atoms with Crippen LogP contribution in [0.1, 0.15) is 16.1 Å². The number of thioether (sulfide) groups is 1. The highest BCUT2D eigenvalue weighted by Gasteiger charge is 2.10. The van der Waals surface area contributed by atoms with Crippen molar-refractivity contribution in [2.75, 3.05) is 18.1 Å². The van der Waals surface area contributed by atoms with Crippen LogP contribution < -0.4 is 5.32 Å². The van der Waals surface area contributed by atoms with Crippen LogP contribution in [0.25, 0.3) is 5.65 Å². The number of nitrogens with one attached hydrogen (secondary N) is 1. The topological polar surface area (TPSA) is 83.7 Å². The zero-order chi connectivity index (χ0) is 14.5. The SMILES string of the molecule is Cc1ccn2cc(C(=O)NCCSCC(=O)O)nc2c1. The van der Waals surface area contributed by atoms with Crippen LogP contribution >= 0.6 is 11.8 Å². The average molecular weight is 293 g/mol. The van der Waals surface area contributed by atoms with E-state index >= 15 is 0 Å². The zero-order valence-electron chi connectivity index (χ0n) is 11.0. The number of imidazole rings is 1. The Morgan fingerprint density at radius 2 is 2.30 bits per heavy atom. The highest BCUT2D eigenvalue weighted by Crippen LogP contribution is 2.07. The van der Waals surface area contributed by atoms with Gasteiger partial charge in [-0.15, -0.1) is 11.8 Å². The van der Waals surface area contributed by atoms with E-state index < -0.39 is 5.97 Å². The van der Waals surface area contributed by atoms with Gasteiger partial charge in [-0.2, -0.15) is 0 Å². The number of fused-ring (bicyclic) bond motifs is 1. The molecule has 0 radical (unpaired) electrons. The summed E-state index contributed by atoms with van der Waals surface area (Å²) in [5.41, 5.74) is 2.18. The summed E-state index contributed by atoms with van der Waals surface area (Å²) in [4.78, 5) is 26.5. The number of aromatic nitrogens is 2. The second-order valence-electron chi connectivity index (χ2n) is 4.30. The van der Waals surface area contributed by atoms with Gasteiger partial charge in [-0.25, -0.2) is 4.98 Å². The fourth-order valence-electron chi connectivity index (χ4n) is 1.68. The number of pyridine rings is 1. The Morgan fingerprint density at radius 1 is 1.50 bits per heavy atom. The second kappa shape index (κ2) is 6.42. The molecule has 6 nitrogen and oxygen atoms in total. The van der Waals surface area contributed by atoms with Crippen molar-refractivity contribution < 1.29 is 14.7 Å². The van der Waals surface area contributed by atoms with E-state index in [4.69, 9.17) is 5.11 Å². The van der Waals surface area contributed by atoms with Crippen molar-refractivity contribution in [1.82, 2.24) is 14.7 Å².